The molecule has 4 heteroatoms. The topological polar surface area (TPSA) is 38.0 Å². The lowest BCUT2D eigenvalue weighted by atomic mass is 10.2. The number of hydrogen-bond donors (Lipinski definition) is 1. The highest BCUT2D eigenvalue weighted by molar-refractivity contribution is 5.38. The molecule has 0 unspecified atom stereocenters. The van der Waals surface area contributed by atoms with Crippen molar-refractivity contribution >= 4 is 0 Å². The van der Waals surface area contributed by atoms with Gasteiger partial charge in [0.25, 0.3) is 0 Å². The van der Waals surface area contributed by atoms with E-state index in [2.05, 4.69) is 5.10 Å². The summed E-state index contributed by atoms with van der Waals surface area (Å²) in [5, 5.41) is 13.1. The highest BCUT2D eigenvalue weighted by Gasteiger charge is 2.11. The zero-order chi connectivity index (χ0) is 11.5. The molecule has 0 aliphatic carbocycles. The highest BCUT2D eigenvalue weighted by atomic mass is 19.1. The Morgan fingerprint density at radius 2 is 2.19 bits per heavy atom. The number of aliphatic hydroxyl groups excluding tert-OH is 1. The van der Waals surface area contributed by atoms with Crippen molar-refractivity contribution in [3.8, 4) is 5.69 Å². The Kier molecular flexibility index (Phi) is 3.01. The van der Waals surface area contributed by atoms with Crippen molar-refractivity contribution in [2.75, 3.05) is 0 Å². The van der Waals surface area contributed by atoms with Gasteiger partial charge in [0.1, 0.15) is 5.69 Å². The van der Waals surface area contributed by atoms with Gasteiger partial charge in [-0.3, -0.25) is 0 Å². The van der Waals surface area contributed by atoms with Crippen molar-refractivity contribution in [1.82, 2.24) is 9.78 Å². The third-order valence-electron chi connectivity index (χ3n) is 2.54. The Balaban J connectivity index is 2.56. The maximum absolute atomic E-state index is 13.9. The van der Waals surface area contributed by atoms with Gasteiger partial charge >= 0.3 is 0 Å². The lowest BCUT2D eigenvalue weighted by molar-refractivity contribution is 0.275. The molecule has 0 bridgehead atoms. The van der Waals surface area contributed by atoms with E-state index in [-0.39, 0.29) is 12.2 Å². The van der Waals surface area contributed by atoms with E-state index >= 15 is 0 Å². The van der Waals surface area contributed by atoms with Crippen LogP contribution < -0.4 is 0 Å². The van der Waals surface area contributed by atoms with Crippen molar-refractivity contribution in [2.45, 2.75) is 20.0 Å². The average molecular weight is 220 g/mol. The quantitative estimate of drug-likeness (QED) is 0.859. The van der Waals surface area contributed by atoms with Gasteiger partial charge in [0.05, 0.1) is 6.61 Å². The zero-order valence-corrected chi connectivity index (χ0v) is 9.02. The summed E-state index contributed by atoms with van der Waals surface area (Å²) in [6.07, 6.45) is 2.42. The van der Waals surface area contributed by atoms with Gasteiger partial charge in [0.2, 0.25) is 0 Å². The van der Waals surface area contributed by atoms with Crippen LogP contribution in [0.4, 0.5) is 4.39 Å². The van der Waals surface area contributed by atoms with Gasteiger partial charge in [-0.05, 0) is 18.6 Å². The van der Waals surface area contributed by atoms with E-state index in [1.54, 1.807) is 29.1 Å². The largest absolute Gasteiger partial charge is 0.392 e. The average Bonchev–Trinajstić information content (AvgIpc) is 2.77. The van der Waals surface area contributed by atoms with Crippen LogP contribution in [0.2, 0.25) is 0 Å². The first-order chi connectivity index (χ1) is 7.77. The number of hydrogen-bond acceptors (Lipinski definition) is 2. The first kappa shape index (κ1) is 10.8. The van der Waals surface area contributed by atoms with Gasteiger partial charge in [0.15, 0.2) is 5.82 Å². The number of aryl methyl sites for hydroxylation is 1. The molecule has 1 aromatic carbocycles. The van der Waals surface area contributed by atoms with Crippen LogP contribution in [0.3, 0.4) is 0 Å². The van der Waals surface area contributed by atoms with E-state index in [0.717, 1.165) is 12.1 Å². The minimum Gasteiger partial charge on any atom is -0.392 e. The summed E-state index contributed by atoms with van der Waals surface area (Å²) in [6, 6.07) is 6.78. The van der Waals surface area contributed by atoms with Crippen LogP contribution in [-0.4, -0.2) is 14.9 Å². The first-order valence-corrected chi connectivity index (χ1v) is 5.19. The minimum absolute atomic E-state index is 0.287. The normalized spacial score (nSPS) is 10.7. The van der Waals surface area contributed by atoms with Gasteiger partial charge in [-0.1, -0.05) is 19.1 Å². The van der Waals surface area contributed by atoms with Crippen LogP contribution in [-0.2, 0) is 13.0 Å². The van der Waals surface area contributed by atoms with E-state index in [9.17, 15) is 4.39 Å². The van der Waals surface area contributed by atoms with Gasteiger partial charge in [-0.15, -0.1) is 0 Å². The minimum atomic E-state index is -0.414. The standard InChI is InChI=1S/C12H13FN2O/c1-2-10-6-7-14-15(10)11-5-3-4-9(8-16)12(11)13/h3-7,16H,2,8H2,1H3. The fraction of sp³-hybridized carbons (Fsp3) is 0.250. The van der Waals surface area contributed by atoms with Crippen LogP contribution in [0.15, 0.2) is 30.5 Å². The van der Waals surface area contributed by atoms with Gasteiger partial charge in [-0.2, -0.15) is 5.10 Å². The summed E-state index contributed by atoms with van der Waals surface area (Å²) >= 11 is 0. The molecular weight excluding hydrogens is 207 g/mol. The molecule has 0 aliphatic rings. The SMILES string of the molecule is CCc1ccnn1-c1cccc(CO)c1F. The van der Waals surface area contributed by atoms with E-state index < -0.39 is 5.82 Å². The van der Waals surface area contributed by atoms with Crippen LogP contribution in [0.25, 0.3) is 5.69 Å². The number of benzene rings is 1. The summed E-state index contributed by atoms with van der Waals surface area (Å²) in [5.41, 5.74) is 1.61. The maximum atomic E-state index is 13.9. The molecule has 0 fully saturated rings. The van der Waals surface area contributed by atoms with Crippen molar-refractivity contribution in [3.63, 3.8) is 0 Å². The monoisotopic (exact) mass is 220 g/mol. The van der Waals surface area contributed by atoms with Crippen molar-refractivity contribution in [2.24, 2.45) is 0 Å². The predicted octanol–water partition coefficient (Wildman–Crippen LogP) is 2.07. The second-order valence-corrected chi connectivity index (χ2v) is 3.50. The number of aromatic nitrogens is 2. The molecule has 1 heterocycles. The second-order valence-electron chi connectivity index (χ2n) is 3.50. The summed E-state index contributed by atoms with van der Waals surface area (Å²) in [4.78, 5) is 0. The molecule has 0 amide bonds. The molecule has 0 saturated carbocycles. The van der Waals surface area contributed by atoms with Gasteiger partial charge in [-0.25, -0.2) is 9.07 Å². The summed E-state index contributed by atoms with van der Waals surface area (Å²) in [6.45, 7) is 1.68. The van der Waals surface area contributed by atoms with E-state index in [1.165, 1.54) is 0 Å². The van der Waals surface area contributed by atoms with E-state index in [0.29, 0.717) is 5.69 Å². The number of aliphatic hydroxyl groups is 1. The fourth-order valence-electron chi connectivity index (χ4n) is 1.67. The lowest BCUT2D eigenvalue weighted by Gasteiger charge is -2.09. The Morgan fingerprint density at radius 3 is 2.88 bits per heavy atom. The predicted molar refractivity (Wildman–Crippen MR) is 58.8 cm³/mol. The number of rotatable bonds is 3. The Hall–Kier alpha value is -1.68. The van der Waals surface area contributed by atoms with Crippen LogP contribution in [0, 0.1) is 5.82 Å². The van der Waals surface area contributed by atoms with Crippen LogP contribution in [0.1, 0.15) is 18.2 Å². The molecule has 0 saturated heterocycles. The second kappa shape index (κ2) is 4.45. The highest BCUT2D eigenvalue weighted by Crippen LogP contribution is 2.18. The third kappa shape index (κ3) is 1.72. The molecule has 0 radical (unpaired) electrons. The Morgan fingerprint density at radius 1 is 1.38 bits per heavy atom. The van der Waals surface area contributed by atoms with Crippen LogP contribution in [0.5, 0.6) is 0 Å². The molecule has 16 heavy (non-hydrogen) atoms. The molecule has 2 aromatic rings. The van der Waals surface area contributed by atoms with Crippen molar-refractivity contribution in [3.05, 3.63) is 47.5 Å². The zero-order valence-electron chi connectivity index (χ0n) is 9.02. The molecule has 3 nitrogen and oxygen atoms in total. The van der Waals surface area contributed by atoms with Crippen molar-refractivity contribution in [1.29, 1.82) is 0 Å². The maximum Gasteiger partial charge on any atom is 0.154 e. The Bertz CT molecular complexity index is 494. The lowest BCUT2D eigenvalue weighted by Crippen LogP contribution is -2.05. The van der Waals surface area contributed by atoms with Gasteiger partial charge < -0.3 is 5.11 Å². The molecule has 1 N–H and O–H groups in total. The Labute approximate surface area is 93.2 Å². The molecule has 1 aromatic heterocycles. The molecule has 0 aliphatic heterocycles. The molecule has 0 spiro atoms. The van der Waals surface area contributed by atoms with E-state index in [1.807, 2.05) is 13.0 Å². The number of nitrogens with zero attached hydrogens (tertiary/aromatic N) is 2. The summed E-state index contributed by atoms with van der Waals surface area (Å²) in [7, 11) is 0. The fourth-order valence-corrected chi connectivity index (χ4v) is 1.67. The molecular formula is C12H13FN2O. The molecule has 0 atom stereocenters. The molecule has 84 valence electrons. The van der Waals surface area contributed by atoms with E-state index in [4.69, 9.17) is 5.11 Å². The van der Waals surface area contributed by atoms with Crippen molar-refractivity contribution < 1.29 is 9.50 Å². The molecule has 2 rings (SSSR count). The smallest absolute Gasteiger partial charge is 0.154 e. The van der Waals surface area contributed by atoms with Gasteiger partial charge in [0, 0.05) is 17.5 Å². The first-order valence-electron chi connectivity index (χ1n) is 5.19. The third-order valence-corrected chi connectivity index (χ3v) is 2.54. The summed E-state index contributed by atoms with van der Waals surface area (Å²) in [5.74, 6) is -0.414. The van der Waals surface area contributed by atoms with Crippen LogP contribution >= 0.6 is 0 Å². The number of halogens is 1. The summed E-state index contributed by atoms with van der Waals surface area (Å²) < 4.78 is 15.5.